The molecule has 1 aliphatic heterocycles. The minimum Gasteiger partial charge on any atom is -0.311 e. The van der Waals surface area contributed by atoms with Gasteiger partial charge in [-0.05, 0) is 37.0 Å². The van der Waals surface area contributed by atoms with Crippen LogP contribution in [0.3, 0.4) is 0 Å². The Labute approximate surface area is 120 Å². The van der Waals surface area contributed by atoms with Crippen LogP contribution in [0.25, 0.3) is 0 Å². The Morgan fingerprint density at radius 3 is 2.47 bits per heavy atom. The lowest BCUT2D eigenvalue weighted by Crippen LogP contribution is -2.61. The van der Waals surface area contributed by atoms with Crippen molar-refractivity contribution in [3.63, 3.8) is 0 Å². The number of hydrogen-bond donors (Lipinski definition) is 1. The highest BCUT2D eigenvalue weighted by Crippen LogP contribution is 2.37. The standard InChI is InChI=1S/C17H34N2/c1-6-7-15-11-19(17(10-18-15)12(2)3)16-9-8-13(4)14(16)5/h12-18H,6-11H2,1-5H3. The first-order valence-corrected chi connectivity index (χ1v) is 8.53. The second-order valence-electron chi connectivity index (χ2n) is 7.38. The molecule has 1 heterocycles. The predicted molar refractivity (Wildman–Crippen MR) is 83.4 cm³/mol. The molecule has 1 N–H and O–H groups in total. The van der Waals surface area contributed by atoms with Gasteiger partial charge in [-0.1, -0.05) is 41.0 Å². The maximum absolute atomic E-state index is 3.79. The third kappa shape index (κ3) is 3.33. The van der Waals surface area contributed by atoms with E-state index in [1.54, 1.807) is 0 Å². The van der Waals surface area contributed by atoms with E-state index in [-0.39, 0.29) is 0 Å². The van der Waals surface area contributed by atoms with E-state index in [2.05, 4.69) is 44.8 Å². The average molecular weight is 266 g/mol. The van der Waals surface area contributed by atoms with Crippen molar-refractivity contribution in [1.82, 2.24) is 10.2 Å². The summed E-state index contributed by atoms with van der Waals surface area (Å²) >= 11 is 0. The number of rotatable bonds is 4. The maximum atomic E-state index is 3.79. The van der Waals surface area contributed by atoms with Crippen LogP contribution in [0.4, 0.5) is 0 Å². The van der Waals surface area contributed by atoms with Gasteiger partial charge >= 0.3 is 0 Å². The summed E-state index contributed by atoms with van der Waals surface area (Å²) in [5.41, 5.74) is 0. The Bertz CT molecular complexity index is 276. The van der Waals surface area contributed by atoms with Gasteiger partial charge in [0.05, 0.1) is 0 Å². The minimum absolute atomic E-state index is 0.725. The molecule has 1 aliphatic carbocycles. The average Bonchev–Trinajstić information content (AvgIpc) is 2.70. The summed E-state index contributed by atoms with van der Waals surface area (Å²) in [5, 5.41) is 3.79. The lowest BCUT2D eigenvalue weighted by atomic mass is 9.90. The molecule has 2 aliphatic rings. The zero-order valence-corrected chi connectivity index (χ0v) is 13.7. The van der Waals surface area contributed by atoms with E-state index >= 15 is 0 Å². The zero-order valence-electron chi connectivity index (χ0n) is 13.7. The van der Waals surface area contributed by atoms with E-state index in [1.807, 2.05) is 0 Å². The molecule has 19 heavy (non-hydrogen) atoms. The van der Waals surface area contributed by atoms with Gasteiger partial charge in [-0.2, -0.15) is 0 Å². The monoisotopic (exact) mass is 266 g/mol. The minimum atomic E-state index is 0.725. The highest BCUT2D eigenvalue weighted by molar-refractivity contribution is 4.96. The SMILES string of the molecule is CCCC1CN(C2CCC(C)C2C)C(C(C)C)CN1. The molecule has 0 bridgehead atoms. The van der Waals surface area contributed by atoms with Gasteiger partial charge in [-0.25, -0.2) is 0 Å². The van der Waals surface area contributed by atoms with Gasteiger partial charge < -0.3 is 5.32 Å². The fraction of sp³-hybridized carbons (Fsp3) is 1.00. The molecule has 2 nitrogen and oxygen atoms in total. The largest absolute Gasteiger partial charge is 0.311 e. The summed E-state index contributed by atoms with van der Waals surface area (Å²) in [5.74, 6) is 2.55. The van der Waals surface area contributed by atoms with Crippen molar-refractivity contribution in [1.29, 1.82) is 0 Å². The van der Waals surface area contributed by atoms with Crippen molar-refractivity contribution in [2.24, 2.45) is 17.8 Å². The molecule has 5 unspecified atom stereocenters. The lowest BCUT2D eigenvalue weighted by Gasteiger charge is -2.47. The Morgan fingerprint density at radius 2 is 1.95 bits per heavy atom. The molecule has 0 radical (unpaired) electrons. The molecule has 5 atom stereocenters. The van der Waals surface area contributed by atoms with Gasteiger partial charge in [-0.15, -0.1) is 0 Å². The Balaban J connectivity index is 2.07. The molecule has 2 fully saturated rings. The molecule has 1 saturated heterocycles. The third-order valence-electron chi connectivity index (χ3n) is 5.73. The van der Waals surface area contributed by atoms with Crippen molar-refractivity contribution < 1.29 is 0 Å². The van der Waals surface area contributed by atoms with Crippen molar-refractivity contribution >= 4 is 0 Å². The normalized spacial score (nSPS) is 41.1. The smallest absolute Gasteiger partial charge is 0.0247 e. The predicted octanol–water partition coefficient (Wildman–Crippen LogP) is 3.52. The van der Waals surface area contributed by atoms with Gasteiger partial charge in [0, 0.05) is 31.2 Å². The quantitative estimate of drug-likeness (QED) is 0.837. The second-order valence-corrected chi connectivity index (χ2v) is 7.38. The molecule has 0 aromatic rings. The molecule has 0 aromatic carbocycles. The van der Waals surface area contributed by atoms with Gasteiger partial charge in [0.25, 0.3) is 0 Å². The van der Waals surface area contributed by atoms with E-state index in [0.29, 0.717) is 0 Å². The summed E-state index contributed by atoms with van der Waals surface area (Å²) in [4.78, 5) is 2.88. The van der Waals surface area contributed by atoms with Gasteiger partial charge in [0.15, 0.2) is 0 Å². The number of nitrogens with zero attached hydrogens (tertiary/aromatic N) is 1. The van der Waals surface area contributed by atoms with Crippen LogP contribution < -0.4 is 5.32 Å². The van der Waals surface area contributed by atoms with E-state index in [0.717, 1.165) is 35.9 Å². The maximum Gasteiger partial charge on any atom is 0.0247 e. The van der Waals surface area contributed by atoms with Crippen molar-refractivity contribution in [3.8, 4) is 0 Å². The molecule has 1 saturated carbocycles. The van der Waals surface area contributed by atoms with Crippen molar-refractivity contribution in [3.05, 3.63) is 0 Å². The fourth-order valence-electron chi connectivity index (χ4n) is 4.21. The van der Waals surface area contributed by atoms with Crippen LogP contribution >= 0.6 is 0 Å². The lowest BCUT2D eigenvalue weighted by molar-refractivity contribution is 0.0367. The highest BCUT2D eigenvalue weighted by Gasteiger charge is 2.40. The van der Waals surface area contributed by atoms with E-state index in [1.165, 1.54) is 38.8 Å². The summed E-state index contributed by atoms with van der Waals surface area (Å²) in [6.45, 7) is 14.5. The molecular formula is C17H34N2. The molecule has 0 amide bonds. The molecule has 2 heteroatoms. The molecule has 112 valence electrons. The van der Waals surface area contributed by atoms with E-state index in [4.69, 9.17) is 0 Å². The topological polar surface area (TPSA) is 15.3 Å². The number of hydrogen-bond acceptors (Lipinski definition) is 2. The summed E-state index contributed by atoms with van der Waals surface area (Å²) < 4.78 is 0. The van der Waals surface area contributed by atoms with E-state index in [9.17, 15) is 0 Å². The summed E-state index contributed by atoms with van der Waals surface area (Å²) in [7, 11) is 0. The number of nitrogens with one attached hydrogen (secondary N) is 1. The molecule has 0 aromatic heterocycles. The summed E-state index contributed by atoms with van der Waals surface area (Å²) in [6.07, 6.45) is 5.48. The Hall–Kier alpha value is -0.0800. The second kappa shape index (κ2) is 6.58. The first-order valence-electron chi connectivity index (χ1n) is 8.53. The van der Waals surface area contributed by atoms with Crippen LogP contribution in [-0.4, -0.2) is 36.1 Å². The third-order valence-corrected chi connectivity index (χ3v) is 5.73. The summed E-state index contributed by atoms with van der Waals surface area (Å²) in [6, 6.07) is 2.30. The van der Waals surface area contributed by atoms with Crippen molar-refractivity contribution in [2.75, 3.05) is 13.1 Å². The molecule has 0 spiro atoms. The van der Waals surface area contributed by atoms with Crippen LogP contribution in [0.1, 0.15) is 60.3 Å². The highest BCUT2D eigenvalue weighted by atomic mass is 15.3. The Kier molecular flexibility index (Phi) is 5.30. The fourth-order valence-corrected chi connectivity index (χ4v) is 4.21. The Morgan fingerprint density at radius 1 is 1.21 bits per heavy atom. The number of piperazine rings is 1. The molecular weight excluding hydrogens is 232 g/mol. The van der Waals surface area contributed by atoms with Crippen LogP contribution in [0.5, 0.6) is 0 Å². The van der Waals surface area contributed by atoms with Crippen LogP contribution in [-0.2, 0) is 0 Å². The first-order chi connectivity index (χ1) is 9.04. The zero-order chi connectivity index (χ0) is 14.0. The van der Waals surface area contributed by atoms with Crippen LogP contribution in [0, 0.1) is 17.8 Å². The van der Waals surface area contributed by atoms with Gasteiger partial charge in [-0.3, -0.25) is 4.90 Å². The molecule has 2 rings (SSSR count). The van der Waals surface area contributed by atoms with Crippen molar-refractivity contribution in [2.45, 2.75) is 78.4 Å². The van der Waals surface area contributed by atoms with Crippen LogP contribution in [0.2, 0.25) is 0 Å². The van der Waals surface area contributed by atoms with Crippen LogP contribution in [0.15, 0.2) is 0 Å². The first kappa shape index (κ1) is 15.3. The van der Waals surface area contributed by atoms with Gasteiger partial charge in [0.2, 0.25) is 0 Å². The van der Waals surface area contributed by atoms with Gasteiger partial charge in [0.1, 0.15) is 0 Å². The van der Waals surface area contributed by atoms with E-state index < -0.39 is 0 Å².